The molecule has 1 saturated heterocycles. The van der Waals surface area contributed by atoms with Gasteiger partial charge in [0.25, 0.3) is 5.91 Å². The Balaban J connectivity index is 2.01. The molecule has 0 bridgehead atoms. The van der Waals surface area contributed by atoms with Gasteiger partial charge in [-0.1, -0.05) is 29.3 Å². The van der Waals surface area contributed by atoms with E-state index in [0.717, 1.165) is 9.21 Å². The number of halogens is 2. The minimum absolute atomic E-state index is 0.0609. The third kappa shape index (κ3) is 3.98. The number of nitriles is 1. The standard InChI is InChI=1S/C20H15Cl2N3O4S/c1-2-9-24(30(28,29)18-10-14(21)5-8-16(18)22)17-11-19(26)25(20(17)27)15-6-3-13(12-23)4-7-15/h2-8,10,17H,1,9,11H2. The molecule has 2 aromatic rings. The van der Waals surface area contributed by atoms with Crippen molar-refractivity contribution in [1.82, 2.24) is 4.31 Å². The zero-order valence-electron chi connectivity index (χ0n) is 15.5. The number of anilines is 1. The quantitative estimate of drug-likeness (QED) is 0.482. The van der Waals surface area contributed by atoms with Gasteiger partial charge in [0.15, 0.2) is 0 Å². The first-order chi connectivity index (χ1) is 14.2. The lowest BCUT2D eigenvalue weighted by Gasteiger charge is -2.26. The maximum absolute atomic E-state index is 13.3. The fraction of sp³-hybridized carbons (Fsp3) is 0.150. The van der Waals surface area contributed by atoms with Crippen LogP contribution < -0.4 is 4.90 Å². The number of carbonyl (C=O) groups excluding carboxylic acids is 2. The molecule has 1 fully saturated rings. The van der Waals surface area contributed by atoms with E-state index >= 15 is 0 Å². The second-order valence-corrected chi connectivity index (χ2v) is 9.09. The zero-order chi connectivity index (χ0) is 22.1. The number of rotatable bonds is 6. The molecule has 1 heterocycles. The summed E-state index contributed by atoms with van der Waals surface area (Å²) >= 11 is 12.0. The predicted molar refractivity (Wildman–Crippen MR) is 113 cm³/mol. The maximum atomic E-state index is 13.3. The van der Waals surface area contributed by atoms with Crippen molar-refractivity contribution in [2.45, 2.75) is 17.4 Å². The first-order valence-corrected chi connectivity index (χ1v) is 10.8. The van der Waals surface area contributed by atoms with Crippen LogP contribution in [0.4, 0.5) is 5.69 Å². The highest BCUT2D eigenvalue weighted by Gasteiger charge is 2.46. The summed E-state index contributed by atoms with van der Waals surface area (Å²) in [5.41, 5.74) is 0.615. The van der Waals surface area contributed by atoms with E-state index in [1.165, 1.54) is 48.5 Å². The van der Waals surface area contributed by atoms with E-state index in [1.54, 1.807) is 0 Å². The van der Waals surface area contributed by atoms with Crippen LogP contribution in [-0.4, -0.2) is 37.1 Å². The first kappa shape index (κ1) is 22.0. The fourth-order valence-electron chi connectivity index (χ4n) is 3.12. The molecule has 2 amide bonds. The molecule has 154 valence electrons. The summed E-state index contributed by atoms with van der Waals surface area (Å²) in [4.78, 5) is 26.3. The number of nitrogens with zero attached hydrogens (tertiary/aromatic N) is 3. The van der Waals surface area contributed by atoms with Crippen LogP contribution in [0.1, 0.15) is 12.0 Å². The van der Waals surface area contributed by atoms with Crippen LogP contribution in [0.15, 0.2) is 60.0 Å². The molecule has 1 unspecified atom stereocenters. The Labute approximate surface area is 183 Å². The van der Waals surface area contributed by atoms with Gasteiger partial charge in [-0.25, -0.2) is 13.3 Å². The summed E-state index contributed by atoms with van der Waals surface area (Å²) in [5.74, 6) is -1.26. The van der Waals surface area contributed by atoms with Gasteiger partial charge in [0.05, 0.1) is 28.8 Å². The van der Waals surface area contributed by atoms with Crippen LogP contribution >= 0.6 is 23.2 Å². The van der Waals surface area contributed by atoms with E-state index < -0.39 is 27.9 Å². The SMILES string of the molecule is C=CCN(C1CC(=O)N(c2ccc(C#N)cc2)C1=O)S(=O)(=O)c1cc(Cl)ccc1Cl. The van der Waals surface area contributed by atoms with Crippen molar-refractivity contribution < 1.29 is 18.0 Å². The highest BCUT2D eigenvalue weighted by atomic mass is 35.5. The summed E-state index contributed by atoms with van der Waals surface area (Å²) in [6, 6.07) is 10.5. The lowest BCUT2D eigenvalue weighted by atomic mass is 10.2. The molecule has 30 heavy (non-hydrogen) atoms. The van der Waals surface area contributed by atoms with Gasteiger partial charge in [0.1, 0.15) is 10.9 Å². The largest absolute Gasteiger partial charge is 0.274 e. The summed E-state index contributed by atoms with van der Waals surface area (Å²) in [6.45, 7) is 3.34. The van der Waals surface area contributed by atoms with Crippen molar-refractivity contribution >= 4 is 50.7 Å². The van der Waals surface area contributed by atoms with Gasteiger partial charge in [-0.15, -0.1) is 6.58 Å². The van der Waals surface area contributed by atoms with E-state index in [0.29, 0.717) is 5.56 Å². The summed E-state index contributed by atoms with van der Waals surface area (Å²) in [6.07, 6.45) is 0.974. The van der Waals surface area contributed by atoms with Crippen molar-refractivity contribution in [3.63, 3.8) is 0 Å². The second kappa shape index (κ2) is 8.58. The van der Waals surface area contributed by atoms with Gasteiger partial charge in [-0.3, -0.25) is 9.59 Å². The van der Waals surface area contributed by atoms with Crippen molar-refractivity contribution in [3.8, 4) is 6.07 Å². The Hall–Kier alpha value is -2.70. The molecule has 2 aromatic carbocycles. The lowest BCUT2D eigenvalue weighted by molar-refractivity contribution is -0.122. The Morgan fingerprint density at radius 2 is 1.87 bits per heavy atom. The van der Waals surface area contributed by atoms with Gasteiger partial charge in [0.2, 0.25) is 15.9 Å². The van der Waals surface area contributed by atoms with Crippen molar-refractivity contribution in [2.24, 2.45) is 0 Å². The number of hydrogen-bond acceptors (Lipinski definition) is 5. The monoisotopic (exact) mass is 463 g/mol. The van der Waals surface area contributed by atoms with Crippen LogP contribution in [0, 0.1) is 11.3 Å². The maximum Gasteiger partial charge on any atom is 0.252 e. The van der Waals surface area contributed by atoms with Gasteiger partial charge in [-0.05, 0) is 42.5 Å². The van der Waals surface area contributed by atoms with Gasteiger partial charge < -0.3 is 0 Å². The predicted octanol–water partition coefficient (Wildman–Crippen LogP) is 3.37. The van der Waals surface area contributed by atoms with E-state index in [2.05, 4.69) is 6.58 Å². The number of sulfonamides is 1. The number of benzene rings is 2. The number of amides is 2. The van der Waals surface area contributed by atoms with Crippen molar-refractivity contribution in [2.75, 3.05) is 11.4 Å². The van der Waals surface area contributed by atoms with Crippen molar-refractivity contribution in [3.05, 3.63) is 70.7 Å². The molecule has 1 aliphatic heterocycles. The van der Waals surface area contributed by atoms with E-state index in [-0.39, 0.29) is 33.6 Å². The van der Waals surface area contributed by atoms with Crippen molar-refractivity contribution in [1.29, 1.82) is 5.26 Å². The van der Waals surface area contributed by atoms with Crippen LogP contribution in [0.2, 0.25) is 10.0 Å². The molecule has 0 radical (unpaired) electrons. The summed E-state index contributed by atoms with van der Waals surface area (Å²) < 4.78 is 27.4. The molecule has 0 aromatic heterocycles. The smallest absolute Gasteiger partial charge is 0.252 e. The first-order valence-electron chi connectivity index (χ1n) is 8.65. The lowest BCUT2D eigenvalue weighted by Crippen LogP contribution is -2.45. The van der Waals surface area contributed by atoms with Gasteiger partial charge >= 0.3 is 0 Å². The Kier molecular flexibility index (Phi) is 6.29. The molecule has 0 saturated carbocycles. The molecular formula is C20H15Cl2N3O4S. The minimum Gasteiger partial charge on any atom is -0.274 e. The molecule has 1 aliphatic rings. The zero-order valence-corrected chi connectivity index (χ0v) is 17.8. The Bertz CT molecular complexity index is 1170. The van der Waals surface area contributed by atoms with Crippen LogP contribution in [0.25, 0.3) is 0 Å². The Morgan fingerprint density at radius 3 is 2.47 bits per heavy atom. The fourth-order valence-corrected chi connectivity index (χ4v) is 5.41. The van der Waals surface area contributed by atoms with E-state index in [1.807, 2.05) is 6.07 Å². The van der Waals surface area contributed by atoms with E-state index in [9.17, 15) is 18.0 Å². The van der Waals surface area contributed by atoms with E-state index in [4.69, 9.17) is 28.5 Å². The molecule has 7 nitrogen and oxygen atoms in total. The van der Waals surface area contributed by atoms with Crippen LogP contribution in [0.3, 0.4) is 0 Å². The minimum atomic E-state index is -4.27. The summed E-state index contributed by atoms with van der Waals surface area (Å²) in [7, 11) is -4.27. The third-order valence-corrected chi connectivity index (χ3v) is 7.11. The average Bonchev–Trinajstić information content (AvgIpc) is 3.01. The highest BCUT2D eigenvalue weighted by Crippen LogP contribution is 2.32. The molecule has 0 spiro atoms. The molecule has 1 atom stereocenters. The number of imide groups is 1. The average molecular weight is 464 g/mol. The summed E-state index contributed by atoms with van der Waals surface area (Å²) in [5, 5.41) is 9.01. The molecule has 0 aliphatic carbocycles. The molecule has 3 rings (SSSR count). The topological polar surface area (TPSA) is 98.5 Å². The van der Waals surface area contributed by atoms with Gasteiger partial charge in [-0.2, -0.15) is 9.57 Å². The molecule has 0 N–H and O–H groups in total. The number of carbonyl (C=O) groups is 2. The van der Waals surface area contributed by atoms with Crippen LogP contribution in [0.5, 0.6) is 0 Å². The second-order valence-electron chi connectivity index (χ2n) is 6.38. The molecular weight excluding hydrogens is 449 g/mol. The number of hydrogen-bond donors (Lipinski definition) is 0. The van der Waals surface area contributed by atoms with Crippen LogP contribution in [-0.2, 0) is 19.6 Å². The third-order valence-electron chi connectivity index (χ3n) is 4.51. The van der Waals surface area contributed by atoms with Gasteiger partial charge in [0, 0.05) is 11.6 Å². The Morgan fingerprint density at radius 1 is 1.20 bits per heavy atom. The highest BCUT2D eigenvalue weighted by molar-refractivity contribution is 7.89. The normalized spacial score (nSPS) is 16.7. The molecule has 10 heteroatoms.